The van der Waals surface area contributed by atoms with Gasteiger partial charge in [-0.2, -0.15) is 18.3 Å². The number of thioether (sulfide) groups is 1. The lowest BCUT2D eigenvalue weighted by atomic mass is 10.1. The molecule has 0 saturated carbocycles. The van der Waals surface area contributed by atoms with Crippen LogP contribution in [-0.2, 0) is 6.18 Å². The molecule has 0 aliphatic rings. The van der Waals surface area contributed by atoms with E-state index < -0.39 is 28.3 Å². The molecule has 1 aromatic heterocycles. The number of hydrogen-bond acceptors (Lipinski definition) is 6. The molecule has 1 N–H and O–H groups in total. The number of carbonyl (C=O) groups excluding carboxylic acids is 1. The second-order valence-electron chi connectivity index (χ2n) is 6.12. The molecule has 0 saturated heterocycles. The summed E-state index contributed by atoms with van der Waals surface area (Å²) in [6, 6.07) is 6.68. The SMILES string of the molecule is COc1cc([N+](=O)[O-])c(C(=O)Nc2cc(C(F)(F)F)ccc2-n2cccn2)cc1SC. The van der Waals surface area contributed by atoms with Crippen LogP contribution in [-0.4, -0.2) is 34.0 Å². The summed E-state index contributed by atoms with van der Waals surface area (Å²) in [6.45, 7) is 0. The predicted molar refractivity (Wildman–Crippen MR) is 108 cm³/mol. The topological polar surface area (TPSA) is 99.3 Å². The van der Waals surface area contributed by atoms with Crippen molar-refractivity contribution in [3.05, 3.63) is 70.0 Å². The van der Waals surface area contributed by atoms with Crippen molar-refractivity contribution in [3.63, 3.8) is 0 Å². The molecule has 0 atom stereocenters. The normalized spacial score (nSPS) is 11.3. The molecule has 0 bridgehead atoms. The first-order chi connectivity index (χ1) is 14.7. The molecule has 3 aromatic rings. The molecule has 162 valence electrons. The molecule has 0 aliphatic carbocycles. The number of nitrogens with zero attached hydrogens (tertiary/aromatic N) is 3. The minimum Gasteiger partial charge on any atom is -0.495 e. The summed E-state index contributed by atoms with van der Waals surface area (Å²) < 4.78 is 46.0. The van der Waals surface area contributed by atoms with Crippen LogP contribution in [0.3, 0.4) is 0 Å². The summed E-state index contributed by atoms with van der Waals surface area (Å²) in [5.74, 6) is -0.746. The zero-order chi connectivity index (χ0) is 22.8. The standard InChI is InChI=1S/C19H15F3N4O4S/c1-30-16-10-15(26(28)29)12(9-17(16)31-2)18(27)24-13-8-11(19(20,21)22)4-5-14(13)25-7-3-6-23-25/h3-10H,1-2H3,(H,24,27). The summed E-state index contributed by atoms with van der Waals surface area (Å²) in [5.41, 5.74) is -1.90. The monoisotopic (exact) mass is 452 g/mol. The van der Waals surface area contributed by atoms with Crippen LogP contribution in [0.5, 0.6) is 5.75 Å². The molecule has 3 rings (SSSR count). The molecular formula is C19H15F3N4O4S. The van der Waals surface area contributed by atoms with E-state index in [1.54, 1.807) is 12.3 Å². The number of benzene rings is 2. The average Bonchev–Trinajstić information content (AvgIpc) is 3.26. The van der Waals surface area contributed by atoms with E-state index in [4.69, 9.17) is 4.74 Å². The van der Waals surface area contributed by atoms with Crippen LogP contribution in [0, 0.1) is 10.1 Å². The highest BCUT2D eigenvalue weighted by Crippen LogP contribution is 2.36. The highest BCUT2D eigenvalue weighted by molar-refractivity contribution is 7.98. The number of nitro benzene ring substituents is 1. The number of carbonyl (C=O) groups is 1. The minimum atomic E-state index is -4.65. The quantitative estimate of drug-likeness (QED) is 0.328. The van der Waals surface area contributed by atoms with Crippen molar-refractivity contribution in [1.29, 1.82) is 0 Å². The highest BCUT2D eigenvalue weighted by atomic mass is 32.2. The van der Waals surface area contributed by atoms with Gasteiger partial charge in [0, 0.05) is 12.4 Å². The molecule has 0 fully saturated rings. The van der Waals surface area contributed by atoms with Gasteiger partial charge in [-0.25, -0.2) is 4.68 Å². The molecule has 8 nitrogen and oxygen atoms in total. The van der Waals surface area contributed by atoms with Crippen molar-refractivity contribution < 1.29 is 27.6 Å². The Morgan fingerprint density at radius 3 is 2.58 bits per heavy atom. The first kappa shape index (κ1) is 22.2. The van der Waals surface area contributed by atoms with Crippen LogP contribution in [0.25, 0.3) is 5.69 Å². The van der Waals surface area contributed by atoms with Gasteiger partial charge in [-0.3, -0.25) is 14.9 Å². The molecular weight excluding hydrogens is 437 g/mol. The first-order valence-corrected chi connectivity index (χ1v) is 9.81. The number of amides is 1. The third-order valence-electron chi connectivity index (χ3n) is 4.27. The molecule has 0 unspecified atom stereocenters. The van der Waals surface area contributed by atoms with Crippen molar-refractivity contribution in [3.8, 4) is 11.4 Å². The van der Waals surface area contributed by atoms with Gasteiger partial charge in [0.2, 0.25) is 0 Å². The highest BCUT2D eigenvalue weighted by Gasteiger charge is 2.32. The maximum atomic E-state index is 13.2. The van der Waals surface area contributed by atoms with E-state index in [1.807, 2.05) is 0 Å². The van der Waals surface area contributed by atoms with E-state index in [-0.39, 0.29) is 22.7 Å². The van der Waals surface area contributed by atoms with Crippen LogP contribution < -0.4 is 10.1 Å². The van der Waals surface area contributed by atoms with Crippen molar-refractivity contribution in [2.24, 2.45) is 0 Å². The van der Waals surface area contributed by atoms with Crippen molar-refractivity contribution in [2.75, 3.05) is 18.7 Å². The maximum Gasteiger partial charge on any atom is 0.416 e. The van der Waals surface area contributed by atoms with Gasteiger partial charge in [-0.15, -0.1) is 11.8 Å². The fourth-order valence-electron chi connectivity index (χ4n) is 2.81. The van der Waals surface area contributed by atoms with Gasteiger partial charge in [0.15, 0.2) is 0 Å². The van der Waals surface area contributed by atoms with Crippen LogP contribution in [0.1, 0.15) is 15.9 Å². The Kier molecular flexibility index (Phi) is 6.20. The Morgan fingerprint density at radius 2 is 2.03 bits per heavy atom. The lowest BCUT2D eigenvalue weighted by Crippen LogP contribution is -2.17. The van der Waals surface area contributed by atoms with E-state index in [2.05, 4.69) is 10.4 Å². The van der Waals surface area contributed by atoms with E-state index in [1.165, 1.54) is 42.0 Å². The third kappa shape index (κ3) is 4.63. The number of alkyl halides is 3. The number of methoxy groups -OCH3 is 1. The summed E-state index contributed by atoms with van der Waals surface area (Å²) in [7, 11) is 1.33. The lowest BCUT2D eigenvalue weighted by molar-refractivity contribution is -0.385. The van der Waals surface area contributed by atoms with Crippen LogP contribution in [0.4, 0.5) is 24.5 Å². The number of hydrogen-bond donors (Lipinski definition) is 1. The lowest BCUT2D eigenvalue weighted by Gasteiger charge is -2.15. The molecule has 12 heteroatoms. The molecule has 1 heterocycles. The van der Waals surface area contributed by atoms with Crippen molar-refractivity contribution >= 4 is 29.0 Å². The molecule has 0 aliphatic heterocycles. The second kappa shape index (κ2) is 8.68. The first-order valence-electron chi connectivity index (χ1n) is 8.58. The van der Waals surface area contributed by atoms with Gasteiger partial charge in [-0.1, -0.05) is 0 Å². The number of anilines is 1. The summed E-state index contributed by atoms with van der Waals surface area (Å²) in [5, 5.41) is 17.8. The van der Waals surface area contributed by atoms with Gasteiger partial charge in [0.25, 0.3) is 11.6 Å². The Balaban J connectivity index is 2.10. The number of ether oxygens (including phenoxy) is 1. The van der Waals surface area contributed by atoms with Crippen LogP contribution >= 0.6 is 11.8 Å². The van der Waals surface area contributed by atoms with E-state index in [0.717, 1.165) is 24.3 Å². The van der Waals surface area contributed by atoms with Gasteiger partial charge in [-0.05, 0) is 36.6 Å². The molecule has 1 amide bonds. The smallest absolute Gasteiger partial charge is 0.416 e. The number of nitrogens with one attached hydrogen (secondary N) is 1. The van der Waals surface area contributed by atoms with E-state index in [0.29, 0.717) is 4.90 Å². The van der Waals surface area contributed by atoms with Crippen LogP contribution in [0.2, 0.25) is 0 Å². The predicted octanol–water partition coefficient (Wildman–Crippen LogP) is 4.78. The van der Waals surface area contributed by atoms with Crippen LogP contribution in [0.15, 0.2) is 53.7 Å². The summed E-state index contributed by atoms with van der Waals surface area (Å²) >= 11 is 1.19. The Bertz CT molecular complexity index is 1130. The number of aromatic nitrogens is 2. The Morgan fingerprint density at radius 1 is 1.29 bits per heavy atom. The third-order valence-corrected chi connectivity index (χ3v) is 5.03. The second-order valence-corrected chi connectivity index (χ2v) is 6.96. The van der Waals surface area contributed by atoms with Gasteiger partial charge in [0.05, 0.1) is 39.9 Å². The maximum absolute atomic E-state index is 13.2. The van der Waals surface area contributed by atoms with Gasteiger partial charge in [0.1, 0.15) is 11.3 Å². The number of rotatable bonds is 6. The molecule has 0 spiro atoms. The van der Waals surface area contributed by atoms with Crippen molar-refractivity contribution in [1.82, 2.24) is 9.78 Å². The molecule has 31 heavy (non-hydrogen) atoms. The summed E-state index contributed by atoms with van der Waals surface area (Å²) in [4.78, 5) is 24.1. The molecule has 0 radical (unpaired) electrons. The average molecular weight is 452 g/mol. The largest absolute Gasteiger partial charge is 0.495 e. The van der Waals surface area contributed by atoms with E-state index in [9.17, 15) is 28.1 Å². The fourth-order valence-corrected chi connectivity index (χ4v) is 3.39. The zero-order valence-corrected chi connectivity index (χ0v) is 17.0. The molecule has 2 aromatic carbocycles. The van der Waals surface area contributed by atoms with Crippen molar-refractivity contribution in [2.45, 2.75) is 11.1 Å². The number of nitro groups is 1. The van der Waals surface area contributed by atoms with Gasteiger partial charge < -0.3 is 10.1 Å². The van der Waals surface area contributed by atoms with Gasteiger partial charge >= 0.3 is 6.18 Å². The Hall–Kier alpha value is -3.54. The summed E-state index contributed by atoms with van der Waals surface area (Å²) in [6.07, 6.45) is -0.0590. The fraction of sp³-hybridized carbons (Fsp3) is 0.158. The van der Waals surface area contributed by atoms with E-state index >= 15 is 0 Å². The zero-order valence-electron chi connectivity index (χ0n) is 16.1. The minimum absolute atomic E-state index is 0.160. The Labute approximate surface area is 178 Å². The number of halogens is 3.